The molecule has 0 spiro atoms. The highest BCUT2D eigenvalue weighted by molar-refractivity contribution is 6.31. The third-order valence-corrected chi connectivity index (χ3v) is 4.73. The molecule has 2 rings (SSSR count). The van der Waals surface area contributed by atoms with E-state index < -0.39 is 0 Å². The molecule has 0 saturated heterocycles. The fourth-order valence-electron chi connectivity index (χ4n) is 3.01. The number of rotatable bonds is 5. The van der Waals surface area contributed by atoms with E-state index >= 15 is 0 Å². The number of nitrogens with zero attached hydrogens (tertiary/aromatic N) is 1. The summed E-state index contributed by atoms with van der Waals surface area (Å²) < 4.78 is 5.14. The van der Waals surface area contributed by atoms with Crippen molar-refractivity contribution in [3.63, 3.8) is 0 Å². The van der Waals surface area contributed by atoms with Crippen molar-refractivity contribution in [1.82, 2.24) is 4.90 Å². The molecular weight excluding hydrogens is 316 g/mol. The Balaban J connectivity index is 1.99. The number of aliphatic hydroxyl groups is 1. The van der Waals surface area contributed by atoms with Gasteiger partial charge in [0.05, 0.1) is 12.7 Å². The highest BCUT2D eigenvalue weighted by atomic mass is 35.5. The molecule has 0 aliphatic heterocycles. The Morgan fingerprint density at radius 1 is 1.43 bits per heavy atom. The maximum absolute atomic E-state index is 12.4. The largest absolute Gasteiger partial charge is 0.393 e. The summed E-state index contributed by atoms with van der Waals surface area (Å²) in [6.45, 7) is 0.882. The standard InChI is InChI=1S/C17H25ClN2O3/c1-20(10-12-6-3-4-9-16(12)21)17(22)19-15-8-5-7-14(18)13(15)11-23-2/h5,7-8,12,16,21H,3-4,6,9-11H2,1-2H3,(H,19,22). The summed E-state index contributed by atoms with van der Waals surface area (Å²) >= 11 is 6.17. The summed E-state index contributed by atoms with van der Waals surface area (Å²) in [6, 6.07) is 5.17. The smallest absolute Gasteiger partial charge is 0.321 e. The Morgan fingerprint density at radius 3 is 2.87 bits per heavy atom. The van der Waals surface area contributed by atoms with Crippen LogP contribution >= 0.6 is 11.6 Å². The van der Waals surface area contributed by atoms with Crippen LogP contribution in [0.5, 0.6) is 0 Å². The molecule has 1 aromatic carbocycles. The monoisotopic (exact) mass is 340 g/mol. The number of nitrogens with one attached hydrogen (secondary N) is 1. The van der Waals surface area contributed by atoms with Crippen LogP contribution in [-0.4, -0.2) is 42.8 Å². The van der Waals surface area contributed by atoms with Crippen molar-refractivity contribution in [2.45, 2.75) is 38.4 Å². The summed E-state index contributed by atoms with van der Waals surface area (Å²) in [5.74, 6) is 0.150. The van der Waals surface area contributed by atoms with Gasteiger partial charge < -0.3 is 20.1 Å². The Hall–Kier alpha value is -1.30. The van der Waals surface area contributed by atoms with Gasteiger partial charge >= 0.3 is 6.03 Å². The molecule has 1 aromatic rings. The number of benzene rings is 1. The second-order valence-electron chi connectivity index (χ2n) is 6.12. The lowest BCUT2D eigenvalue weighted by Crippen LogP contribution is -2.40. The Bertz CT molecular complexity index is 539. The molecule has 2 amide bonds. The fourth-order valence-corrected chi connectivity index (χ4v) is 3.24. The summed E-state index contributed by atoms with van der Waals surface area (Å²) in [5.41, 5.74) is 1.41. The minimum atomic E-state index is -0.311. The fraction of sp³-hybridized carbons (Fsp3) is 0.588. The van der Waals surface area contributed by atoms with E-state index in [-0.39, 0.29) is 18.1 Å². The zero-order chi connectivity index (χ0) is 16.8. The van der Waals surface area contributed by atoms with Gasteiger partial charge in [-0.3, -0.25) is 0 Å². The third-order valence-electron chi connectivity index (χ3n) is 4.37. The van der Waals surface area contributed by atoms with Crippen LogP contribution in [-0.2, 0) is 11.3 Å². The summed E-state index contributed by atoms with van der Waals surface area (Å²) in [5, 5.41) is 13.5. The van der Waals surface area contributed by atoms with E-state index in [1.807, 2.05) is 0 Å². The molecule has 128 valence electrons. The number of hydrogen-bond acceptors (Lipinski definition) is 3. The van der Waals surface area contributed by atoms with Crippen molar-refractivity contribution in [2.24, 2.45) is 5.92 Å². The SMILES string of the molecule is COCc1c(Cl)cccc1NC(=O)N(C)CC1CCCCC1O. The van der Waals surface area contributed by atoms with Crippen LogP contribution in [0.1, 0.15) is 31.2 Å². The first-order valence-corrected chi connectivity index (χ1v) is 8.37. The number of ether oxygens (including phenoxy) is 1. The van der Waals surface area contributed by atoms with Gasteiger partial charge in [-0.25, -0.2) is 4.79 Å². The van der Waals surface area contributed by atoms with Crippen LogP contribution in [0.4, 0.5) is 10.5 Å². The molecule has 0 bridgehead atoms. The van der Waals surface area contributed by atoms with E-state index in [0.717, 1.165) is 31.2 Å². The summed E-state index contributed by atoms with van der Waals surface area (Å²) in [4.78, 5) is 14.0. The molecule has 1 saturated carbocycles. The Morgan fingerprint density at radius 2 is 2.17 bits per heavy atom. The average molecular weight is 341 g/mol. The van der Waals surface area contributed by atoms with Gasteiger partial charge in [0.25, 0.3) is 0 Å². The van der Waals surface area contributed by atoms with Crippen molar-refractivity contribution >= 4 is 23.3 Å². The minimum absolute atomic E-state index is 0.150. The topological polar surface area (TPSA) is 61.8 Å². The molecule has 6 heteroatoms. The van der Waals surface area contributed by atoms with Crippen LogP contribution < -0.4 is 5.32 Å². The molecule has 1 aliphatic carbocycles. The number of halogens is 1. The number of methoxy groups -OCH3 is 1. The Labute approximate surface area is 142 Å². The van der Waals surface area contributed by atoms with Gasteiger partial charge in [-0.1, -0.05) is 30.5 Å². The third kappa shape index (κ3) is 4.83. The molecule has 23 heavy (non-hydrogen) atoms. The first-order valence-electron chi connectivity index (χ1n) is 7.99. The lowest BCUT2D eigenvalue weighted by Gasteiger charge is -2.31. The number of amides is 2. The van der Waals surface area contributed by atoms with E-state index in [1.54, 1.807) is 37.3 Å². The maximum Gasteiger partial charge on any atom is 0.321 e. The van der Waals surface area contributed by atoms with Gasteiger partial charge in [0.15, 0.2) is 0 Å². The van der Waals surface area contributed by atoms with Crippen molar-refractivity contribution in [1.29, 1.82) is 0 Å². The number of aliphatic hydroxyl groups excluding tert-OH is 1. The molecule has 1 fully saturated rings. The number of urea groups is 1. The maximum atomic E-state index is 12.4. The second-order valence-corrected chi connectivity index (χ2v) is 6.53. The van der Waals surface area contributed by atoms with Gasteiger partial charge in [0.2, 0.25) is 0 Å². The van der Waals surface area contributed by atoms with E-state index in [9.17, 15) is 9.90 Å². The minimum Gasteiger partial charge on any atom is -0.393 e. The number of carbonyl (C=O) groups is 1. The van der Waals surface area contributed by atoms with E-state index in [4.69, 9.17) is 16.3 Å². The van der Waals surface area contributed by atoms with Crippen LogP contribution in [0.25, 0.3) is 0 Å². The predicted molar refractivity (Wildman–Crippen MR) is 91.8 cm³/mol. The molecule has 2 atom stereocenters. The highest BCUT2D eigenvalue weighted by Crippen LogP contribution is 2.27. The molecule has 0 heterocycles. The van der Waals surface area contributed by atoms with Crippen LogP contribution in [0.2, 0.25) is 5.02 Å². The molecule has 2 N–H and O–H groups in total. The number of anilines is 1. The van der Waals surface area contributed by atoms with Crippen LogP contribution in [0.15, 0.2) is 18.2 Å². The molecule has 2 unspecified atom stereocenters. The van der Waals surface area contributed by atoms with Crippen molar-refractivity contribution in [2.75, 3.05) is 26.0 Å². The summed E-state index contributed by atoms with van der Waals surface area (Å²) in [7, 11) is 3.34. The zero-order valence-electron chi connectivity index (χ0n) is 13.7. The molecule has 1 aliphatic rings. The molecule has 0 radical (unpaired) electrons. The van der Waals surface area contributed by atoms with E-state index in [2.05, 4.69) is 5.32 Å². The van der Waals surface area contributed by atoms with E-state index in [0.29, 0.717) is 23.9 Å². The van der Waals surface area contributed by atoms with Crippen molar-refractivity contribution in [3.05, 3.63) is 28.8 Å². The Kier molecular flexibility index (Phi) is 6.69. The van der Waals surface area contributed by atoms with Crippen LogP contribution in [0, 0.1) is 5.92 Å². The molecular formula is C17H25ClN2O3. The van der Waals surface area contributed by atoms with Gasteiger partial charge in [-0.15, -0.1) is 0 Å². The first-order chi connectivity index (χ1) is 11.0. The summed E-state index contributed by atoms with van der Waals surface area (Å²) in [6.07, 6.45) is 3.66. The second kappa shape index (κ2) is 8.52. The predicted octanol–water partition coefficient (Wildman–Crippen LogP) is 3.50. The average Bonchev–Trinajstić information content (AvgIpc) is 2.53. The lowest BCUT2D eigenvalue weighted by molar-refractivity contribution is 0.0575. The lowest BCUT2D eigenvalue weighted by atomic mass is 9.86. The molecule has 5 nitrogen and oxygen atoms in total. The quantitative estimate of drug-likeness (QED) is 0.862. The number of carbonyl (C=O) groups excluding carboxylic acids is 1. The zero-order valence-corrected chi connectivity index (χ0v) is 14.5. The normalized spacial score (nSPS) is 21.0. The molecule has 0 aromatic heterocycles. The first kappa shape index (κ1) is 18.0. The van der Waals surface area contributed by atoms with Gasteiger partial charge in [0.1, 0.15) is 0 Å². The number of hydrogen-bond donors (Lipinski definition) is 2. The van der Waals surface area contributed by atoms with E-state index in [1.165, 1.54) is 0 Å². The van der Waals surface area contributed by atoms with Crippen LogP contribution in [0.3, 0.4) is 0 Å². The van der Waals surface area contributed by atoms with Gasteiger partial charge in [0, 0.05) is 42.9 Å². The van der Waals surface area contributed by atoms with Crippen molar-refractivity contribution < 1.29 is 14.6 Å². The van der Waals surface area contributed by atoms with Gasteiger partial charge in [-0.2, -0.15) is 0 Å². The highest BCUT2D eigenvalue weighted by Gasteiger charge is 2.25. The van der Waals surface area contributed by atoms with Gasteiger partial charge in [-0.05, 0) is 25.0 Å². The van der Waals surface area contributed by atoms with Crippen molar-refractivity contribution in [3.8, 4) is 0 Å².